The maximum Gasteiger partial charge on any atom is 0.418 e. The van der Waals surface area contributed by atoms with Gasteiger partial charge < -0.3 is 4.74 Å². The second-order valence-electron chi connectivity index (χ2n) is 7.34. The summed E-state index contributed by atoms with van der Waals surface area (Å²) in [5.74, 6) is -0.265. The number of carbonyl (C=O) groups excluding carboxylic acids is 1. The van der Waals surface area contributed by atoms with Crippen molar-refractivity contribution < 1.29 is 22.7 Å². The topological polar surface area (TPSA) is 114 Å². The summed E-state index contributed by atoms with van der Waals surface area (Å²) in [4.78, 5) is 13.3. The molecule has 0 bridgehead atoms. The number of hydrogen-bond donors (Lipinski definition) is 0. The Hall–Kier alpha value is -3.87. The minimum atomic E-state index is -4.68. The van der Waals surface area contributed by atoms with Crippen molar-refractivity contribution in [1.82, 2.24) is 40.4 Å². The summed E-state index contributed by atoms with van der Waals surface area (Å²) in [6.45, 7) is 3.31. The van der Waals surface area contributed by atoms with Gasteiger partial charge in [0.15, 0.2) is 5.82 Å². The normalized spacial score (nSPS) is 11.7. The Morgan fingerprint density at radius 3 is 2.65 bits per heavy atom. The molecule has 0 N–H and O–H groups in total. The zero-order chi connectivity index (χ0) is 24.5. The summed E-state index contributed by atoms with van der Waals surface area (Å²) in [5, 5.41) is 23.0. The lowest BCUT2D eigenvalue weighted by molar-refractivity contribution is -0.137. The molecule has 10 nitrogen and oxygen atoms in total. The van der Waals surface area contributed by atoms with Gasteiger partial charge in [-0.3, -0.25) is 0 Å². The van der Waals surface area contributed by atoms with Crippen LogP contribution in [0.25, 0.3) is 17.1 Å². The molecule has 0 unspecified atom stereocenters. The molecule has 0 amide bonds. The number of rotatable bonds is 6. The number of halogens is 4. The van der Waals surface area contributed by atoms with Crippen LogP contribution in [0.15, 0.2) is 42.5 Å². The van der Waals surface area contributed by atoms with Crippen molar-refractivity contribution in [2.75, 3.05) is 0 Å². The summed E-state index contributed by atoms with van der Waals surface area (Å²) < 4.78 is 46.7. The summed E-state index contributed by atoms with van der Waals surface area (Å²) in [6.07, 6.45) is -4.95. The van der Waals surface area contributed by atoms with E-state index in [2.05, 4.69) is 30.9 Å². The third-order valence-corrected chi connectivity index (χ3v) is 4.70. The Kier molecular flexibility index (Phi) is 6.28. The largest absolute Gasteiger partial charge is 0.459 e. The van der Waals surface area contributed by atoms with E-state index in [1.807, 2.05) is 0 Å². The average Bonchev–Trinajstić information content (AvgIpc) is 3.43. The molecule has 14 heteroatoms. The van der Waals surface area contributed by atoms with Crippen LogP contribution in [0.1, 0.15) is 35.6 Å². The van der Waals surface area contributed by atoms with Gasteiger partial charge in [-0.2, -0.15) is 22.6 Å². The number of carbonyl (C=O) groups is 1. The van der Waals surface area contributed by atoms with Crippen LogP contribution in [0.2, 0.25) is 5.02 Å². The number of benzene rings is 2. The van der Waals surface area contributed by atoms with E-state index in [1.165, 1.54) is 12.1 Å². The van der Waals surface area contributed by atoms with Gasteiger partial charge in [-0.25, -0.2) is 4.79 Å². The summed E-state index contributed by atoms with van der Waals surface area (Å²) in [7, 11) is 0. The highest BCUT2D eigenvalue weighted by Gasteiger charge is 2.35. The van der Waals surface area contributed by atoms with Crippen LogP contribution in [0.3, 0.4) is 0 Å². The highest BCUT2D eigenvalue weighted by Crippen LogP contribution is 2.35. The highest BCUT2D eigenvalue weighted by molar-refractivity contribution is 6.30. The van der Waals surface area contributed by atoms with Crippen molar-refractivity contribution in [2.45, 2.75) is 32.7 Å². The van der Waals surface area contributed by atoms with Gasteiger partial charge >= 0.3 is 12.1 Å². The lowest BCUT2D eigenvalue weighted by Gasteiger charge is -2.13. The molecular formula is C20H16ClF3N8O2. The first kappa shape index (κ1) is 23.3. The van der Waals surface area contributed by atoms with Crippen LogP contribution in [0, 0.1) is 0 Å². The van der Waals surface area contributed by atoms with Gasteiger partial charge in [-0.1, -0.05) is 23.7 Å². The molecule has 0 saturated heterocycles. The molecule has 0 aliphatic heterocycles. The Morgan fingerprint density at radius 2 is 1.91 bits per heavy atom. The number of ether oxygens (including phenoxy) is 1. The summed E-state index contributed by atoms with van der Waals surface area (Å²) in [6, 6.07) is 9.75. The molecule has 0 spiro atoms. The SMILES string of the molecule is CC(C)OC(=O)c1cccc(-c2nnn(Cc3nnnn3-c3ccc(Cl)cc3C(F)(F)F)n2)c1. The van der Waals surface area contributed by atoms with Gasteiger partial charge in [0.25, 0.3) is 0 Å². The lowest BCUT2D eigenvalue weighted by Crippen LogP contribution is -2.16. The first-order chi connectivity index (χ1) is 16.1. The van der Waals surface area contributed by atoms with Gasteiger partial charge in [0.1, 0.15) is 6.54 Å². The molecule has 0 aliphatic carbocycles. The second-order valence-corrected chi connectivity index (χ2v) is 7.78. The number of hydrogen-bond acceptors (Lipinski definition) is 8. The molecular weight excluding hydrogens is 477 g/mol. The molecule has 0 aliphatic rings. The number of esters is 1. The monoisotopic (exact) mass is 492 g/mol. The average molecular weight is 493 g/mol. The Bertz CT molecular complexity index is 1340. The van der Waals surface area contributed by atoms with Crippen LogP contribution in [0.4, 0.5) is 13.2 Å². The number of alkyl halides is 3. The van der Waals surface area contributed by atoms with Gasteiger partial charge in [-0.15, -0.1) is 15.3 Å². The molecule has 0 atom stereocenters. The zero-order valence-corrected chi connectivity index (χ0v) is 18.5. The van der Waals surface area contributed by atoms with Crippen molar-refractivity contribution in [3.05, 3.63) is 64.4 Å². The quantitative estimate of drug-likeness (QED) is 0.375. The molecule has 2 heterocycles. The third kappa shape index (κ3) is 5.03. The van der Waals surface area contributed by atoms with Gasteiger partial charge in [0.2, 0.25) is 5.82 Å². The molecule has 4 aromatic rings. The van der Waals surface area contributed by atoms with Crippen LogP contribution in [-0.2, 0) is 17.5 Å². The maximum atomic E-state index is 13.5. The van der Waals surface area contributed by atoms with E-state index in [-0.39, 0.29) is 35.0 Å². The van der Waals surface area contributed by atoms with E-state index in [4.69, 9.17) is 16.3 Å². The van der Waals surface area contributed by atoms with E-state index in [1.54, 1.807) is 38.1 Å². The second kappa shape index (κ2) is 9.17. The first-order valence-corrected chi connectivity index (χ1v) is 10.2. The smallest absolute Gasteiger partial charge is 0.418 e. The predicted octanol–water partition coefficient (Wildman–Crippen LogP) is 3.60. The Morgan fingerprint density at radius 1 is 1.12 bits per heavy atom. The molecule has 4 rings (SSSR count). The van der Waals surface area contributed by atoms with Crippen LogP contribution in [0.5, 0.6) is 0 Å². The number of tetrazole rings is 2. The van der Waals surface area contributed by atoms with Crippen molar-refractivity contribution in [1.29, 1.82) is 0 Å². The summed E-state index contributed by atoms with van der Waals surface area (Å²) >= 11 is 5.75. The predicted molar refractivity (Wildman–Crippen MR) is 112 cm³/mol. The van der Waals surface area contributed by atoms with Crippen molar-refractivity contribution >= 4 is 17.6 Å². The standard InChI is InChI=1S/C20H16ClF3N8O2/c1-11(2)34-19(33)13-5-3-4-12(8-13)18-26-29-31(27-18)10-17-25-28-30-32(17)16-7-6-14(21)9-15(16)20(22,23)24/h3-9,11H,10H2,1-2H3. The highest BCUT2D eigenvalue weighted by atomic mass is 35.5. The van der Waals surface area contributed by atoms with Crippen molar-refractivity contribution in [3.8, 4) is 17.1 Å². The molecule has 176 valence electrons. The molecule has 34 heavy (non-hydrogen) atoms. The van der Waals surface area contributed by atoms with Crippen LogP contribution >= 0.6 is 11.6 Å². The summed E-state index contributed by atoms with van der Waals surface area (Å²) in [5.41, 5.74) is -0.477. The number of nitrogens with zero attached hydrogens (tertiary/aromatic N) is 8. The van der Waals surface area contributed by atoms with E-state index >= 15 is 0 Å². The van der Waals surface area contributed by atoms with Gasteiger partial charge in [0, 0.05) is 10.6 Å². The van der Waals surface area contributed by atoms with E-state index < -0.39 is 17.7 Å². The van der Waals surface area contributed by atoms with E-state index in [9.17, 15) is 18.0 Å². The minimum absolute atomic E-state index is 0.0334. The molecule has 0 fully saturated rings. The third-order valence-electron chi connectivity index (χ3n) is 4.46. The lowest BCUT2D eigenvalue weighted by atomic mass is 10.1. The van der Waals surface area contributed by atoms with Crippen molar-refractivity contribution in [2.24, 2.45) is 0 Å². The maximum absolute atomic E-state index is 13.5. The fourth-order valence-electron chi connectivity index (χ4n) is 3.03. The van der Waals surface area contributed by atoms with Crippen LogP contribution in [-0.4, -0.2) is 52.5 Å². The fourth-order valence-corrected chi connectivity index (χ4v) is 3.20. The van der Waals surface area contributed by atoms with Gasteiger partial charge in [0.05, 0.1) is 22.9 Å². The fraction of sp³-hybridized carbons (Fsp3) is 0.250. The first-order valence-electron chi connectivity index (χ1n) is 9.85. The molecule has 2 aromatic heterocycles. The van der Waals surface area contributed by atoms with Gasteiger partial charge in [-0.05, 0) is 59.8 Å². The minimum Gasteiger partial charge on any atom is -0.459 e. The number of aromatic nitrogens is 8. The molecule has 2 aromatic carbocycles. The van der Waals surface area contributed by atoms with E-state index in [0.717, 1.165) is 15.5 Å². The Balaban J connectivity index is 1.60. The van der Waals surface area contributed by atoms with Crippen molar-refractivity contribution in [3.63, 3.8) is 0 Å². The molecule has 0 radical (unpaired) electrons. The van der Waals surface area contributed by atoms with Crippen LogP contribution < -0.4 is 0 Å². The zero-order valence-electron chi connectivity index (χ0n) is 17.7. The Labute approximate surface area is 195 Å². The molecule has 0 saturated carbocycles. The van der Waals surface area contributed by atoms with E-state index in [0.29, 0.717) is 11.1 Å².